The topological polar surface area (TPSA) is 100.0 Å². The number of likely N-dealkylation sites (tertiary alicyclic amines) is 1. The Bertz CT molecular complexity index is 836. The molecule has 2 N–H and O–H groups in total. The van der Waals surface area contributed by atoms with Crippen molar-refractivity contribution in [2.75, 3.05) is 26.4 Å². The summed E-state index contributed by atoms with van der Waals surface area (Å²) in [5, 5.41) is 19.6. The number of ether oxygens (including phenoxy) is 1. The molecule has 1 saturated heterocycles. The number of nitrogens with zero attached hydrogens (tertiary/aromatic N) is 2. The highest BCUT2D eigenvalue weighted by Crippen LogP contribution is 2.38. The van der Waals surface area contributed by atoms with Gasteiger partial charge >= 0.3 is 0 Å². The Morgan fingerprint density at radius 2 is 1.89 bits per heavy atom. The number of aromatic nitrogens is 1. The molecule has 7 nitrogen and oxygen atoms in total. The largest absolute Gasteiger partial charge is 0.507 e. The Balaban J connectivity index is 2.03. The van der Waals surface area contributed by atoms with Crippen LogP contribution in [0.1, 0.15) is 17.2 Å². The molecule has 1 amide bonds. The molecule has 0 spiro atoms. The minimum atomic E-state index is -0.753. The number of aliphatic hydroxyl groups excluding tert-OH is 2. The van der Waals surface area contributed by atoms with Gasteiger partial charge in [-0.3, -0.25) is 14.6 Å². The van der Waals surface area contributed by atoms with Crippen LogP contribution in [-0.4, -0.2) is 58.2 Å². The summed E-state index contributed by atoms with van der Waals surface area (Å²) in [5.41, 5.74) is 1.11. The van der Waals surface area contributed by atoms with E-state index in [0.29, 0.717) is 11.1 Å². The van der Waals surface area contributed by atoms with Crippen molar-refractivity contribution >= 4 is 17.4 Å². The second-order valence-electron chi connectivity index (χ2n) is 5.98. The van der Waals surface area contributed by atoms with Gasteiger partial charge in [0, 0.05) is 24.5 Å². The maximum absolute atomic E-state index is 12.7. The van der Waals surface area contributed by atoms with Crippen LogP contribution in [-0.2, 0) is 14.3 Å². The van der Waals surface area contributed by atoms with Crippen LogP contribution in [0.2, 0.25) is 0 Å². The summed E-state index contributed by atoms with van der Waals surface area (Å²) in [6.45, 7) is 0.329. The van der Waals surface area contributed by atoms with Crippen molar-refractivity contribution in [3.8, 4) is 0 Å². The molecule has 2 heterocycles. The average molecular weight is 368 g/mol. The van der Waals surface area contributed by atoms with E-state index in [2.05, 4.69) is 4.98 Å². The Labute approximate surface area is 156 Å². The fourth-order valence-electron chi connectivity index (χ4n) is 3.08. The van der Waals surface area contributed by atoms with Crippen LogP contribution < -0.4 is 0 Å². The molecule has 1 aromatic heterocycles. The van der Waals surface area contributed by atoms with Crippen molar-refractivity contribution in [2.24, 2.45) is 0 Å². The predicted molar refractivity (Wildman–Crippen MR) is 97.6 cm³/mol. The fraction of sp³-hybridized carbons (Fsp3) is 0.250. The lowest BCUT2D eigenvalue weighted by molar-refractivity contribution is -0.140. The fourth-order valence-corrected chi connectivity index (χ4v) is 3.08. The highest BCUT2D eigenvalue weighted by atomic mass is 16.5. The van der Waals surface area contributed by atoms with Crippen molar-refractivity contribution in [2.45, 2.75) is 6.04 Å². The number of carbonyl (C=O) groups excluding carboxylic acids is 2. The molecule has 1 atom stereocenters. The lowest BCUT2D eigenvalue weighted by Crippen LogP contribution is -2.33. The van der Waals surface area contributed by atoms with E-state index in [1.165, 1.54) is 4.90 Å². The summed E-state index contributed by atoms with van der Waals surface area (Å²) in [6, 6.07) is 11.3. The number of pyridine rings is 1. The molecule has 27 heavy (non-hydrogen) atoms. The second-order valence-corrected chi connectivity index (χ2v) is 5.98. The highest BCUT2D eigenvalue weighted by Gasteiger charge is 2.45. The Morgan fingerprint density at radius 3 is 2.56 bits per heavy atom. The molecule has 1 fully saturated rings. The van der Waals surface area contributed by atoms with E-state index in [1.807, 2.05) is 0 Å². The highest BCUT2D eigenvalue weighted by molar-refractivity contribution is 6.46. The quantitative estimate of drug-likeness (QED) is 0.333. The summed E-state index contributed by atoms with van der Waals surface area (Å²) in [5.74, 6) is -1.66. The maximum Gasteiger partial charge on any atom is 0.295 e. The molecule has 3 rings (SSSR count). The van der Waals surface area contributed by atoms with Gasteiger partial charge in [-0.1, -0.05) is 36.4 Å². The minimum absolute atomic E-state index is 0.0290. The summed E-state index contributed by atoms with van der Waals surface area (Å²) in [6.07, 6.45) is 3.16. The van der Waals surface area contributed by atoms with Gasteiger partial charge in [0.25, 0.3) is 11.7 Å². The van der Waals surface area contributed by atoms with Gasteiger partial charge in [0.15, 0.2) is 0 Å². The minimum Gasteiger partial charge on any atom is -0.507 e. The van der Waals surface area contributed by atoms with Crippen LogP contribution in [0.25, 0.3) is 5.76 Å². The van der Waals surface area contributed by atoms with Gasteiger partial charge in [-0.2, -0.15) is 0 Å². The molecule has 1 aliphatic heterocycles. The predicted octanol–water partition coefficient (Wildman–Crippen LogP) is 1.51. The molecule has 1 aliphatic rings. The van der Waals surface area contributed by atoms with Gasteiger partial charge in [0.2, 0.25) is 0 Å². The van der Waals surface area contributed by atoms with E-state index in [1.54, 1.807) is 54.9 Å². The van der Waals surface area contributed by atoms with E-state index < -0.39 is 17.7 Å². The van der Waals surface area contributed by atoms with E-state index in [0.717, 1.165) is 0 Å². The van der Waals surface area contributed by atoms with E-state index >= 15 is 0 Å². The van der Waals surface area contributed by atoms with E-state index in [-0.39, 0.29) is 37.7 Å². The molecule has 1 unspecified atom stereocenters. The van der Waals surface area contributed by atoms with Crippen LogP contribution in [0.3, 0.4) is 0 Å². The number of hydrogen-bond donors (Lipinski definition) is 2. The van der Waals surface area contributed by atoms with Gasteiger partial charge < -0.3 is 19.8 Å². The standard InChI is InChI=1S/C20H20N2O5/c23-10-12-27-11-9-22-17(15-7-4-8-21-13-15)16(19(25)20(22)26)18(24)14-5-2-1-3-6-14/h1-8,13,17,23-24H,9-12H2/b18-16-. The van der Waals surface area contributed by atoms with Crippen molar-refractivity contribution in [1.29, 1.82) is 0 Å². The van der Waals surface area contributed by atoms with Crippen molar-refractivity contribution in [1.82, 2.24) is 9.88 Å². The number of aliphatic hydroxyl groups is 2. The molecule has 0 radical (unpaired) electrons. The summed E-state index contributed by atoms with van der Waals surface area (Å²) in [4.78, 5) is 30.7. The van der Waals surface area contributed by atoms with E-state index in [4.69, 9.17) is 9.84 Å². The number of Topliss-reactive ketones (excluding diaryl/α,β-unsaturated/α-hetero) is 1. The van der Waals surface area contributed by atoms with Gasteiger partial charge in [-0.25, -0.2) is 0 Å². The number of ketones is 1. The van der Waals surface area contributed by atoms with Gasteiger partial charge in [0.1, 0.15) is 5.76 Å². The smallest absolute Gasteiger partial charge is 0.295 e. The third-order valence-electron chi connectivity index (χ3n) is 4.30. The van der Waals surface area contributed by atoms with Crippen LogP contribution in [0.4, 0.5) is 0 Å². The number of hydrogen-bond acceptors (Lipinski definition) is 6. The molecular formula is C20H20N2O5. The monoisotopic (exact) mass is 368 g/mol. The normalized spacial score (nSPS) is 18.9. The molecule has 0 bridgehead atoms. The van der Waals surface area contributed by atoms with Crippen LogP contribution in [0.15, 0.2) is 60.4 Å². The van der Waals surface area contributed by atoms with Crippen molar-refractivity contribution in [3.05, 3.63) is 71.6 Å². The molecule has 2 aromatic rings. The number of amides is 1. The van der Waals surface area contributed by atoms with Crippen LogP contribution in [0, 0.1) is 0 Å². The summed E-state index contributed by atoms with van der Waals surface area (Å²) in [7, 11) is 0. The van der Waals surface area contributed by atoms with Crippen molar-refractivity contribution < 1.29 is 24.5 Å². The van der Waals surface area contributed by atoms with Crippen molar-refractivity contribution in [3.63, 3.8) is 0 Å². The zero-order chi connectivity index (χ0) is 19.2. The lowest BCUT2D eigenvalue weighted by atomic mass is 9.96. The van der Waals surface area contributed by atoms with Gasteiger partial charge in [0.05, 0.1) is 31.4 Å². The zero-order valence-electron chi connectivity index (χ0n) is 14.6. The average Bonchev–Trinajstić information content (AvgIpc) is 2.97. The SMILES string of the molecule is O=C1C(=O)N(CCOCCO)C(c2cccnc2)/C1=C(/O)c1ccccc1. The van der Waals surface area contributed by atoms with Gasteiger partial charge in [-0.05, 0) is 11.6 Å². The zero-order valence-corrected chi connectivity index (χ0v) is 14.6. The first-order chi connectivity index (χ1) is 13.1. The molecular weight excluding hydrogens is 348 g/mol. The van der Waals surface area contributed by atoms with Crippen LogP contribution >= 0.6 is 0 Å². The number of rotatable bonds is 7. The Kier molecular flexibility index (Phi) is 5.95. The Morgan fingerprint density at radius 1 is 1.11 bits per heavy atom. The third kappa shape index (κ3) is 3.89. The Hall–Kier alpha value is -3.03. The molecule has 140 valence electrons. The number of carbonyl (C=O) groups is 2. The lowest BCUT2D eigenvalue weighted by Gasteiger charge is -2.24. The first-order valence-electron chi connectivity index (χ1n) is 8.57. The molecule has 1 aromatic carbocycles. The molecule has 0 aliphatic carbocycles. The first kappa shape index (κ1) is 18.8. The van der Waals surface area contributed by atoms with E-state index in [9.17, 15) is 14.7 Å². The summed E-state index contributed by atoms with van der Waals surface area (Å²) < 4.78 is 5.24. The summed E-state index contributed by atoms with van der Waals surface area (Å²) >= 11 is 0. The maximum atomic E-state index is 12.7. The van der Waals surface area contributed by atoms with Crippen LogP contribution in [0.5, 0.6) is 0 Å². The molecule has 0 saturated carbocycles. The first-order valence-corrected chi connectivity index (χ1v) is 8.57. The molecule has 7 heteroatoms. The third-order valence-corrected chi connectivity index (χ3v) is 4.30. The number of benzene rings is 1. The second kappa shape index (κ2) is 8.57. The van der Waals surface area contributed by atoms with Gasteiger partial charge in [-0.15, -0.1) is 0 Å².